The molecule has 0 spiro atoms. The van der Waals surface area contributed by atoms with E-state index in [0.29, 0.717) is 12.0 Å². The van der Waals surface area contributed by atoms with E-state index in [1.54, 1.807) is 0 Å². The number of rotatable bonds is 1. The van der Waals surface area contributed by atoms with Crippen LogP contribution in [0.5, 0.6) is 0 Å². The Morgan fingerprint density at radius 1 is 1.36 bits per heavy atom. The number of likely N-dealkylation sites (N-methyl/N-ethyl adjacent to an activating group) is 2. The normalized spacial score (nSPS) is 28.9. The molecular formula is C11H20N2O. The molecule has 2 aliphatic rings. The summed E-state index contributed by atoms with van der Waals surface area (Å²) in [5.41, 5.74) is 3.01. The van der Waals surface area contributed by atoms with Crippen LogP contribution in [-0.4, -0.2) is 43.3 Å². The topological polar surface area (TPSA) is 15.7 Å². The van der Waals surface area contributed by atoms with Gasteiger partial charge in [0.15, 0.2) is 0 Å². The quantitative estimate of drug-likeness (QED) is 0.632. The van der Waals surface area contributed by atoms with E-state index in [-0.39, 0.29) is 0 Å². The Morgan fingerprint density at radius 3 is 2.71 bits per heavy atom. The average Bonchev–Trinajstić information content (AvgIpc) is 2.47. The van der Waals surface area contributed by atoms with Gasteiger partial charge in [-0.2, -0.15) is 5.06 Å². The molecule has 0 amide bonds. The predicted molar refractivity (Wildman–Crippen MR) is 56.6 cm³/mol. The molecule has 0 aromatic rings. The van der Waals surface area contributed by atoms with Crippen molar-refractivity contribution in [3.63, 3.8) is 0 Å². The van der Waals surface area contributed by atoms with Crippen LogP contribution in [0.4, 0.5) is 0 Å². The van der Waals surface area contributed by atoms with Gasteiger partial charge in [-0.15, -0.1) is 0 Å². The fraction of sp³-hybridized carbons (Fsp3) is 0.818. The van der Waals surface area contributed by atoms with Crippen molar-refractivity contribution < 1.29 is 4.84 Å². The summed E-state index contributed by atoms with van der Waals surface area (Å²) in [5.74, 6) is 0.603. The van der Waals surface area contributed by atoms with Crippen LogP contribution in [0, 0.1) is 5.92 Å². The molecule has 0 N–H and O–H groups in total. The summed E-state index contributed by atoms with van der Waals surface area (Å²) in [6.07, 6.45) is 1.18. The van der Waals surface area contributed by atoms with Gasteiger partial charge in [-0.3, -0.25) is 4.84 Å². The Morgan fingerprint density at radius 2 is 2.07 bits per heavy atom. The second kappa shape index (κ2) is 3.55. The summed E-state index contributed by atoms with van der Waals surface area (Å²) in [5, 5.41) is 2.02. The lowest BCUT2D eigenvalue weighted by Crippen LogP contribution is -2.44. The van der Waals surface area contributed by atoms with Crippen LogP contribution in [0.1, 0.15) is 20.3 Å². The molecule has 3 nitrogen and oxygen atoms in total. The maximum absolute atomic E-state index is 5.66. The molecule has 0 aliphatic carbocycles. The van der Waals surface area contributed by atoms with E-state index in [0.717, 1.165) is 13.2 Å². The Kier molecular flexibility index (Phi) is 2.54. The summed E-state index contributed by atoms with van der Waals surface area (Å²) in [6.45, 7) is 6.46. The molecule has 0 radical (unpaired) electrons. The van der Waals surface area contributed by atoms with E-state index in [1.807, 2.05) is 12.1 Å². The molecule has 0 bridgehead atoms. The first-order chi connectivity index (χ1) is 6.61. The zero-order valence-electron chi connectivity index (χ0n) is 9.58. The highest BCUT2D eigenvalue weighted by Gasteiger charge is 2.35. The van der Waals surface area contributed by atoms with Gasteiger partial charge in [0.2, 0.25) is 0 Å². The highest BCUT2D eigenvalue weighted by molar-refractivity contribution is 5.26. The lowest BCUT2D eigenvalue weighted by molar-refractivity contribution is -0.172. The third kappa shape index (κ3) is 1.44. The van der Waals surface area contributed by atoms with Crippen LogP contribution in [0.15, 0.2) is 11.3 Å². The van der Waals surface area contributed by atoms with E-state index in [1.165, 1.54) is 17.7 Å². The maximum Gasteiger partial charge on any atom is 0.0916 e. The van der Waals surface area contributed by atoms with Gasteiger partial charge in [0.05, 0.1) is 12.6 Å². The van der Waals surface area contributed by atoms with Gasteiger partial charge in [0.1, 0.15) is 0 Å². The first kappa shape index (κ1) is 9.99. The molecule has 3 heteroatoms. The highest BCUT2D eigenvalue weighted by atomic mass is 16.7. The van der Waals surface area contributed by atoms with E-state index in [2.05, 4.69) is 25.8 Å². The Labute approximate surface area is 86.3 Å². The van der Waals surface area contributed by atoms with Crippen molar-refractivity contribution in [2.45, 2.75) is 26.3 Å². The zero-order valence-corrected chi connectivity index (χ0v) is 9.58. The number of hydrogen-bond acceptors (Lipinski definition) is 3. The van der Waals surface area contributed by atoms with Crippen molar-refractivity contribution in [3.8, 4) is 0 Å². The fourth-order valence-electron chi connectivity index (χ4n) is 2.57. The molecule has 0 saturated heterocycles. The largest absolute Gasteiger partial charge is 0.376 e. The molecule has 0 saturated carbocycles. The van der Waals surface area contributed by atoms with Crippen LogP contribution in [0.25, 0.3) is 0 Å². The second-order valence-electron chi connectivity index (χ2n) is 4.67. The molecule has 80 valence electrons. The smallest absolute Gasteiger partial charge is 0.0916 e. The summed E-state index contributed by atoms with van der Waals surface area (Å²) in [6, 6.07) is 0.436. The molecule has 1 atom stereocenters. The van der Waals surface area contributed by atoms with E-state index >= 15 is 0 Å². The summed E-state index contributed by atoms with van der Waals surface area (Å²) in [4.78, 5) is 8.05. The minimum atomic E-state index is 0.436. The fourth-order valence-corrected chi connectivity index (χ4v) is 2.57. The van der Waals surface area contributed by atoms with Gasteiger partial charge in [-0.1, -0.05) is 13.8 Å². The van der Waals surface area contributed by atoms with Crippen LogP contribution in [0.3, 0.4) is 0 Å². The molecule has 2 rings (SSSR count). The number of hydroxylamine groups is 2. The Balaban J connectivity index is 2.30. The van der Waals surface area contributed by atoms with Crippen LogP contribution in [-0.2, 0) is 4.84 Å². The van der Waals surface area contributed by atoms with Gasteiger partial charge in [-0.25, -0.2) is 0 Å². The zero-order chi connectivity index (χ0) is 10.3. The van der Waals surface area contributed by atoms with Crippen molar-refractivity contribution in [3.05, 3.63) is 11.3 Å². The molecule has 0 fully saturated rings. The summed E-state index contributed by atoms with van der Waals surface area (Å²) >= 11 is 0. The van der Waals surface area contributed by atoms with E-state index in [4.69, 9.17) is 4.84 Å². The third-order valence-electron chi connectivity index (χ3n) is 3.27. The molecule has 1 unspecified atom stereocenters. The molecule has 2 heterocycles. The molecule has 14 heavy (non-hydrogen) atoms. The SMILES string of the molecule is CC(C)C1C2=C(CCN2C)CON1C. The van der Waals surface area contributed by atoms with Crippen molar-refractivity contribution in [1.82, 2.24) is 9.96 Å². The Bertz CT molecular complexity index is 260. The summed E-state index contributed by atoms with van der Waals surface area (Å²) < 4.78 is 0. The van der Waals surface area contributed by atoms with Crippen LogP contribution < -0.4 is 0 Å². The van der Waals surface area contributed by atoms with Crippen molar-refractivity contribution >= 4 is 0 Å². The van der Waals surface area contributed by atoms with Crippen molar-refractivity contribution in [1.29, 1.82) is 0 Å². The second-order valence-corrected chi connectivity index (χ2v) is 4.67. The van der Waals surface area contributed by atoms with Crippen LogP contribution >= 0.6 is 0 Å². The first-order valence-corrected chi connectivity index (χ1v) is 5.40. The minimum absolute atomic E-state index is 0.436. The lowest BCUT2D eigenvalue weighted by atomic mass is 9.97. The predicted octanol–water partition coefficient (Wildman–Crippen LogP) is 1.48. The molecule has 0 aromatic carbocycles. The third-order valence-corrected chi connectivity index (χ3v) is 3.27. The molecule has 2 aliphatic heterocycles. The average molecular weight is 196 g/mol. The standard InChI is InChI=1S/C11H20N2O/c1-8(2)10-11-9(5-6-12(11)3)7-14-13(10)4/h8,10H,5-7H2,1-4H3. The Hall–Kier alpha value is -0.540. The van der Waals surface area contributed by atoms with Crippen molar-refractivity contribution in [2.75, 3.05) is 27.2 Å². The highest BCUT2D eigenvalue weighted by Crippen LogP contribution is 2.33. The van der Waals surface area contributed by atoms with Gasteiger partial charge in [0, 0.05) is 26.3 Å². The maximum atomic E-state index is 5.66. The number of hydrogen-bond donors (Lipinski definition) is 0. The van der Waals surface area contributed by atoms with Gasteiger partial charge in [0.25, 0.3) is 0 Å². The number of nitrogens with zero attached hydrogens (tertiary/aromatic N) is 2. The van der Waals surface area contributed by atoms with Gasteiger partial charge >= 0.3 is 0 Å². The van der Waals surface area contributed by atoms with Crippen molar-refractivity contribution in [2.24, 2.45) is 5.92 Å². The summed E-state index contributed by atoms with van der Waals surface area (Å²) in [7, 11) is 4.23. The van der Waals surface area contributed by atoms with Crippen LogP contribution in [0.2, 0.25) is 0 Å². The monoisotopic (exact) mass is 196 g/mol. The lowest BCUT2D eigenvalue weighted by Gasteiger charge is -2.38. The van der Waals surface area contributed by atoms with Gasteiger partial charge < -0.3 is 4.90 Å². The van der Waals surface area contributed by atoms with E-state index in [9.17, 15) is 0 Å². The molecule has 0 aromatic heterocycles. The first-order valence-electron chi connectivity index (χ1n) is 5.40. The minimum Gasteiger partial charge on any atom is -0.376 e. The molecular weight excluding hydrogens is 176 g/mol. The van der Waals surface area contributed by atoms with Gasteiger partial charge in [-0.05, 0) is 17.9 Å². The van der Waals surface area contributed by atoms with E-state index < -0.39 is 0 Å².